The number of rotatable bonds is 2. The van der Waals surface area contributed by atoms with Crippen LogP contribution >= 0.6 is 15.9 Å². The second kappa shape index (κ2) is 4.12. The van der Waals surface area contributed by atoms with Crippen molar-refractivity contribution in [3.63, 3.8) is 0 Å². The van der Waals surface area contributed by atoms with Crippen molar-refractivity contribution in [3.8, 4) is 5.82 Å². The molecular formula is C10H11BrN4. The van der Waals surface area contributed by atoms with Crippen molar-refractivity contribution in [3.05, 3.63) is 40.3 Å². The van der Waals surface area contributed by atoms with E-state index in [1.165, 1.54) is 0 Å². The van der Waals surface area contributed by atoms with E-state index in [9.17, 15) is 0 Å². The van der Waals surface area contributed by atoms with Gasteiger partial charge in [0.1, 0.15) is 0 Å². The van der Waals surface area contributed by atoms with Crippen LogP contribution in [0.25, 0.3) is 5.82 Å². The summed E-state index contributed by atoms with van der Waals surface area (Å²) in [7, 11) is 0. The SMILES string of the molecule is Cc1ccn(-c2ncc(Br)cc2CN)n1. The van der Waals surface area contributed by atoms with Gasteiger partial charge in [-0.25, -0.2) is 9.67 Å². The highest BCUT2D eigenvalue weighted by Crippen LogP contribution is 2.16. The molecule has 0 aliphatic carbocycles. The van der Waals surface area contributed by atoms with E-state index in [1.54, 1.807) is 10.9 Å². The van der Waals surface area contributed by atoms with Crippen LogP contribution in [0, 0.1) is 6.92 Å². The molecule has 0 bridgehead atoms. The zero-order valence-electron chi connectivity index (χ0n) is 8.31. The number of aromatic nitrogens is 3. The smallest absolute Gasteiger partial charge is 0.157 e. The van der Waals surface area contributed by atoms with Gasteiger partial charge in [-0.05, 0) is 35.0 Å². The zero-order valence-corrected chi connectivity index (χ0v) is 9.90. The summed E-state index contributed by atoms with van der Waals surface area (Å²) in [6, 6.07) is 3.89. The Kier molecular flexibility index (Phi) is 2.83. The first kappa shape index (κ1) is 10.3. The van der Waals surface area contributed by atoms with Gasteiger partial charge < -0.3 is 5.73 Å². The van der Waals surface area contributed by atoms with E-state index >= 15 is 0 Å². The molecule has 0 aliphatic heterocycles. The molecule has 78 valence electrons. The Hall–Kier alpha value is -1.20. The number of halogens is 1. The Morgan fingerprint density at radius 1 is 1.53 bits per heavy atom. The van der Waals surface area contributed by atoms with E-state index in [4.69, 9.17) is 5.73 Å². The maximum Gasteiger partial charge on any atom is 0.157 e. The second-order valence-electron chi connectivity index (χ2n) is 3.24. The number of hydrogen-bond acceptors (Lipinski definition) is 3. The van der Waals surface area contributed by atoms with Gasteiger partial charge >= 0.3 is 0 Å². The van der Waals surface area contributed by atoms with Gasteiger partial charge in [0.25, 0.3) is 0 Å². The number of aryl methyl sites for hydroxylation is 1. The van der Waals surface area contributed by atoms with Crippen LogP contribution in [0.2, 0.25) is 0 Å². The van der Waals surface area contributed by atoms with Crippen LogP contribution in [0.15, 0.2) is 29.0 Å². The maximum absolute atomic E-state index is 5.66. The minimum Gasteiger partial charge on any atom is -0.326 e. The molecule has 0 aromatic carbocycles. The van der Waals surface area contributed by atoms with Crippen molar-refractivity contribution in [2.24, 2.45) is 5.73 Å². The van der Waals surface area contributed by atoms with E-state index in [-0.39, 0.29) is 0 Å². The monoisotopic (exact) mass is 266 g/mol. The first-order chi connectivity index (χ1) is 7.20. The average molecular weight is 267 g/mol. The van der Waals surface area contributed by atoms with Crippen LogP contribution in [-0.2, 0) is 6.54 Å². The van der Waals surface area contributed by atoms with E-state index in [0.29, 0.717) is 6.54 Å². The molecule has 0 unspecified atom stereocenters. The Morgan fingerprint density at radius 3 is 2.93 bits per heavy atom. The third-order valence-corrected chi connectivity index (χ3v) is 2.50. The number of nitrogens with two attached hydrogens (primary N) is 1. The first-order valence-corrected chi connectivity index (χ1v) is 5.37. The summed E-state index contributed by atoms with van der Waals surface area (Å²) < 4.78 is 2.67. The first-order valence-electron chi connectivity index (χ1n) is 4.58. The summed E-state index contributed by atoms with van der Waals surface area (Å²) in [4.78, 5) is 4.31. The Bertz CT molecular complexity index is 478. The molecule has 15 heavy (non-hydrogen) atoms. The molecule has 2 heterocycles. The van der Waals surface area contributed by atoms with Gasteiger partial charge in [-0.2, -0.15) is 5.10 Å². The van der Waals surface area contributed by atoms with Crippen molar-refractivity contribution >= 4 is 15.9 Å². The highest BCUT2D eigenvalue weighted by atomic mass is 79.9. The van der Waals surface area contributed by atoms with Gasteiger partial charge in [0.05, 0.1) is 5.69 Å². The summed E-state index contributed by atoms with van der Waals surface area (Å²) in [6.45, 7) is 2.39. The molecule has 0 saturated carbocycles. The Morgan fingerprint density at radius 2 is 2.33 bits per heavy atom. The molecule has 0 atom stereocenters. The molecule has 0 saturated heterocycles. The van der Waals surface area contributed by atoms with E-state index in [0.717, 1.165) is 21.5 Å². The average Bonchev–Trinajstić information content (AvgIpc) is 2.64. The molecule has 4 nitrogen and oxygen atoms in total. The van der Waals surface area contributed by atoms with Crippen molar-refractivity contribution in [1.82, 2.24) is 14.8 Å². The highest BCUT2D eigenvalue weighted by molar-refractivity contribution is 9.10. The van der Waals surface area contributed by atoms with Crippen molar-refractivity contribution in [2.45, 2.75) is 13.5 Å². The molecule has 2 aromatic heterocycles. The summed E-state index contributed by atoms with van der Waals surface area (Å²) in [5.74, 6) is 0.786. The molecule has 0 aliphatic rings. The molecular weight excluding hydrogens is 256 g/mol. The summed E-state index contributed by atoms with van der Waals surface area (Å²) in [6.07, 6.45) is 3.62. The van der Waals surface area contributed by atoms with Gasteiger partial charge in [-0.15, -0.1) is 0 Å². The molecule has 0 fully saturated rings. The highest BCUT2D eigenvalue weighted by Gasteiger charge is 2.06. The van der Waals surface area contributed by atoms with Crippen LogP contribution in [0.4, 0.5) is 0 Å². The fourth-order valence-corrected chi connectivity index (χ4v) is 1.74. The number of hydrogen-bond donors (Lipinski definition) is 1. The molecule has 5 heteroatoms. The number of nitrogens with zero attached hydrogens (tertiary/aromatic N) is 3. The quantitative estimate of drug-likeness (QED) is 0.902. The second-order valence-corrected chi connectivity index (χ2v) is 4.16. The lowest BCUT2D eigenvalue weighted by Crippen LogP contribution is -2.07. The standard InChI is InChI=1S/C10H11BrN4/c1-7-2-3-15(14-7)10-8(5-12)4-9(11)6-13-10/h2-4,6H,5,12H2,1H3. The summed E-state index contributed by atoms with van der Waals surface area (Å²) in [5.41, 5.74) is 7.59. The van der Waals surface area contributed by atoms with E-state index < -0.39 is 0 Å². The third-order valence-electron chi connectivity index (χ3n) is 2.07. The third kappa shape index (κ3) is 2.08. The minimum atomic E-state index is 0.445. The predicted molar refractivity (Wildman–Crippen MR) is 61.7 cm³/mol. The lowest BCUT2D eigenvalue weighted by atomic mass is 10.2. The molecule has 0 spiro atoms. The molecule has 2 N–H and O–H groups in total. The van der Waals surface area contributed by atoms with Gasteiger partial charge in [0.2, 0.25) is 0 Å². The van der Waals surface area contributed by atoms with Crippen molar-refractivity contribution in [2.75, 3.05) is 0 Å². The number of pyridine rings is 1. The zero-order chi connectivity index (χ0) is 10.8. The van der Waals surface area contributed by atoms with Gasteiger partial charge in [0.15, 0.2) is 5.82 Å². The predicted octanol–water partition coefficient (Wildman–Crippen LogP) is 1.80. The molecule has 2 rings (SSSR count). The molecule has 0 radical (unpaired) electrons. The van der Waals surface area contributed by atoms with Crippen molar-refractivity contribution in [1.29, 1.82) is 0 Å². The van der Waals surface area contributed by atoms with Crippen LogP contribution in [-0.4, -0.2) is 14.8 Å². The lowest BCUT2D eigenvalue weighted by molar-refractivity contribution is 0.811. The van der Waals surface area contributed by atoms with Crippen molar-refractivity contribution < 1.29 is 0 Å². The van der Waals surface area contributed by atoms with Gasteiger partial charge in [-0.1, -0.05) is 0 Å². The molecule has 2 aromatic rings. The van der Waals surface area contributed by atoms with Gasteiger partial charge in [0, 0.05) is 29.0 Å². The van der Waals surface area contributed by atoms with Crippen LogP contribution in [0.3, 0.4) is 0 Å². The summed E-state index contributed by atoms with van der Waals surface area (Å²) >= 11 is 3.37. The largest absolute Gasteiger partial charge is 0.326 e. The van der Waals surface area contributed by atoms with Crippen LogP contribution in [0.5, 0.6) is 0 Å². The van der Waals surface area contributed by atoms with E-state index in [1.807, 2.05) is 25.3 Å². The van der Waals surface area contributed by atoms with Gasteiger partial charge in [-0.3, -0.25) is 0 Å². The summed E-state index contributed by atoms with van der Waals surface area (Å²) in [5, 5.41) is 4.30. The fraction of sp³-hybridized carbons (Fsp3) is 0.200. The minimum absolute atomic E-state index is 0.445. The Labute approximate surface area is 96.3 Å². The van der Waals surface area contributed by atoms with Crippen LogP contribution in [0.1, 0.15) is 11.3 Å². The lowest BCUT2D eigenvalue weighted by Gasteiger charge is -2.06. The topological polar surface area (TPSA) is 56.7 Å². The normalized spacial score (nSPS) is 10.6. The van der Waals surface area contributed by atoms with E-state index in [2.05, 4.69) is 26.0 Å². The fourth-order valence-electron chi connectivity index (χ4n) is 1.36. The molecule has 0 amide bonds. The maximum atomic E-state index is 5.66. The van der Waals surface area contributed by atoms with Crippen LogP contribution < -0.4 is 5.73 Å². The Balaban J connectivity index is 2.52.